The molecule has 1 N–H and O–H groups in total. The number of para-hydroxylation sites is 1. The van der Waals surface area contributed by atoms with E-state index in [0.29, 0.717) is 33.0 Å². The van der Waals surface area contributed by atoms with Crippen LogP contribution in [0.5, 0.6) is 0 Å². The van der Waals surface area contributed by atoms with Gasteiger partial charge in [0.25, 0.3) is 5.91 Å². The van der Waals surface area contributed by atoms with E-state index in [9.17, 15) is 4.79 Å². The fourth-order valence-electron chi connectivity index (χ4n) is 2.42. The fraction of sp³-hybridized carbons (Fsp3) is 0.167. The zero-order valence-electron chi connectivity index (χ0n) is 12.9. The molecule has 0 bridgehead atoms. The Labute approximate surface area is 155 Å². The van der Waals surface area contributed by atoms with Crippen molar-refractivity contribution in [3.05, 3.63) is 63.2 Å². The summed E-state index contributed by atoms with van der Waals surface area (Å²) < 4.78 is 5.46. The molecule has 3 nitrogen and oxygen atoms in total. The minimum atomic E-state index is -0.162. The van der Waals surface area contributed by atoms with Gasteiger partial charge in [0.05, 0.1) is 16.7 Å². The summed E-state index contributed by atoms with van der Waals surface area (Å²) in [4.78, 5) is 13.2. The summed E-state index contributed by atoms with van der Waals surface area (Å²) in [5.74, 6) is 1.27. The first-order chi connectivity index (χ1) is 11.6. The van der Waals surface area contributed by atoms with Crippen molar-refractivity contribution in [1.82, 2.24) is 0 Å². The van der Waals surface area contributed by atoms with Gasteiger partial charge in [-0.15, -0.1) is 11.8 Å². The second-order valence-corrected chi connectivity index (χ2v) is 7.13. The third-order valence-corrected chi connectivity index (χ3v) is 5.45. The van der Waals surface area contributed by atoms with E-state index in [0.717, 1.165) is 16.9 Å². The normalized spacial score (nSPS) is 14.3. The molecule has 0 aromatic heterocycles. The molecule has 1 heterocycles. The number of carbonyl (C=O) groups excluding carboxylic acids is 1. The number of allylic oxidation sites excluding steroid dienone is 1. The van der Waals surface area contributed by atoms with Crippen LogP contribution in [0.25, 0.3) is 11.1 Å². The lowest BCUT2D eigenvalue weighted by Crippen LogP contribution is -2.18. The van der Waals surface area contributed by atoms with Crippen LogP contribution in [0.1, 0.15) is 6.92 Å². The average molecular weight is 380 g/mol. The predicted molar refractivity (Wildman–Crippen MR) is 102 cm³/mol. The lowest BCUT2D eigenvalue weighted by atomic mass is 10.0. The molecular weight excluding hydrogens is 365 g/mol. The number of amides is 1. The molecule has 0 aliphatic carbocycles. The van der Waals surface area contributed by atoms with E-state index in [1.807, 2.05) is 37.3 Å². The van der Waals surface area contributed by atoms with Crippen LogP contribution in [-0.4, -0.2) is 18.3 Å². The van der Waals surface area contributed by atoms with Gasteiger partial charge >= 0.3 is 0 Å². The summed E-state index contributed by atoms with van der Waals surface area (Å²) in [6.07, 6.45) is 0. The third kappa shape index (κ3) is 3.72. The molecule has 2 aromatic carbocycles. The number of carbonyl (C=O) groups is 1. The summed E-state index contributed by atoms with van der Waals surface area (Å²) >= 11 is 13.6. The molecular formula is C18H15Cl2NO2S. The van der Waals surface area contributed by atoms with E-state index < -0.39 is 0 Å². The second-order valence-electron chi connectivity index (χ2n) is 5.21. The number of thioether (sulfide) groups is 1. The van der Waals surface area contributed by atoms with Gasteiger partial charge in [-0.1, -0.05) is 47.5 Å². The predicted octanol–water partition coefficient (Wildman–Crippen LogP) is 5.59. The molecule has 3 rings (SSSR count). The summed E-state index contributed by atoms with van der Waals surface area (Å²) in [6.45, 7) is 2.44. The Morgan fingerprint density at radius 2 is 1.96 bits per heavy atom. The minimum Gasteiger partial charge on any atom is -0.496 e. The van der Waals surface area contributed by atoms with Gasteiger partial charge < -0.3 is 10.1 Å². The third-order valence-electron chi connectivity index (χ3n) is 3.58. The number of halogens is 2. The van der Waals surface area contributed by atoms with E-state index in [-0.39, 0.29) is 5.91 Å². The summed E-state index contributed by atoms with van der Waals surface area (Å²) in [5, 5.41) is 3.95. The van der Waals surface area contributed by atoms with Crippen molar-refractivity contribution >= 4 is 46.6 Å². The summed E-state index contributed by atoms with van der Waals surface area (Å²) in [5.41, 5.74) is 2.48. The molecule has 0 atom stereocenters. The largest absolute Gasteiger partial charge is 0.496 e. The maximum Gasteiger partial charge on any atom is 0.265 e. The highest BCUT2D eigenvalue weighted by Gasteiger charge is 2.20. The van der Waals surface area contributed by atoms with Gasteiger partial charge in [-0.05, 0) is 30.7 Å². The van der Waals surface area contributed by atoms with Crippen LogP contribution in [0, 0.1) is 0 Å². The van der Waals surface area contributed by atoms with Crippen LogP contribution in [0.2, 0.25) is 10.0 Å². The van der Waals surface area contributed by atoms with Crippen LogP contribution in [-0.2, 0) is 9.53 Å². The molecule has 124 valence electrons. The van der Waals surface area contributed by atoms with E-state index in [1.54, 1.807) is 12.1 Å². The Kier molecular flexibility index (Phi) is 5.39. The van der Waals surface area contributed by atoms with Crippen LogP contribution in [0.15, 0.2) is 53.1 Å². The van der Waals surface area contributed by atoms with E-state index in [1.165, 1.54) is 11.8 Å². The van der Waals surface area contributed by atoms with Crippen LogP contribution < -0.4 is 5.32 Å². The maximum absolute atomic E-state index is 12.6. The van der Waals surface area contributed by atoms with Gasteiger partial charge in [-0.2, -0.15) is 0 Å². The number of ether oxygens (including phenoxy) is 1. The van der Waals surface area contributed by atoms with Crippen LogP contribution >= 0.6 is 35.0 Å². The lowest BCUT2D eigenvalue weighted by molar-refractivity contribution is -0.112. The van der Waals surface area contributed by atoms with Gasteiger partial charge in [-0.3, -0.25) is 4.79 Å². The Bertz CT molecular complexity index is 820. The van der Waals surface area contributed by atoms with E-state index in [4.69, 9.17) is 27.9 Å². The number of rotatable bonds is 3. The summed E-state index contributed by atoms with van der Waals surface area (Å²) in [7, 11) is 0. The first-order valence-electron chi connectivity index (χ1n) is 7.38. The molecule has 0 radical (unpaired) electrons. The molecule has 1 aliphatic heterocycles. The number of hydrogen-bond donors (Lipinski definition) is 1. The van der Waals surface area contributed by atoms with Gasteiger partial charge in [0.2, 0.25) is 0 Å². The highest BCUT2D eigenvalue weighted by Crippen LogP contribution is 2.34. The van der Waals surface area contributed by atoms with E-state index >= 15 is 0 Å². The smallest absolute Gasteiger partial charge is 0.265 e. The molecule has 0 unspecified atom stereocenters. The quantitative estimate of drug-likeness (QED) is 0.754. The number of hydrogen-bond acceptors (Lipinski definition) is 3. The van der Waals surface area contributed by atoms with Crippen molar-refractivity contribution < 1.29 is 9.53 Å². The Balaban J connectivity index is 1.92. The standard InChI is InChI=1S/C18H15Cl2NO2S/c1-11-17(24-9-8-23-11)18(22)21-16-5-3-2-4-13(16)12-6-7-14(19)15(20)10-12/h2-7,10H,8-9H2,1H3,(H,21,22). The zero-order chi connectivity index (χ0) is 17.1. The monoisotopic (exact) mass is 379 g/mol. The molecule has 24 heavy (non-hydrogen) atoms. The Morgan fingerprint density at radius 3 is 2.71 bits per heavy atom. The Morgan fingerprint density at radius 1 is 1.17 bits per heavy atom. The van der Waals surface area contributed by atoms with Crippen molar-refractivity contribution in [1.29, 1.82) is 0 Å². The van der Waals surface area contributed by atoms with Gasteiger partial charge in [0.15, 0.2) is 0 Å². The second kappa shape index (κ2) is 7.51. The topological polar surface area (TPSA) is 38.3 Å². The van der Waals surface area contributed by atoms with Crippen molar-refractivity contribution in [2.45, 2.75) is 6.92 Å². The zero-order valence-corrected chi connectivity index (χ0v) is 15.3. The van der Waals surface area contributed by atoms with Crippen molar-refractivity contribution in [2.24, 2.45) is 0 Å². The molecule has 2 aromatic rings. The first-order valence-corrected chi connectivity index (χ1v) is 9.12. The van der Waals surface area contributed by atoms with E-state index in [2.05, 4.69) is 5.32 Å². The SMILES string of the molecule is CC1=C(C(=O)Nc2ccccc2-c2ccc(Cl)c(Cl)c2)SCCO1. The maximum atomic E-state index is 12.6. The first kappa shape index (κ1) is 17.2. The minimum absolute atomic E-state index is 0.162. The lowest BCUT2D eigenvalue weighted by Gasteiger charge is -2.18. The number of anilines is 1. The van der Waals surface area contributed by atoms with Gasteiger partial charge in [-0.25, -0.2) is 0 Å². The Hall–Kier alpha value is -1.62. The average Bonchev–Trinajstić information content (AvgIpc) is 2.58. The van der Waals surface area contributed by atoms with Gasteiger partial charge in [0, 0.05) is 17.0 Å². The summed E-state index contributed by atoms with van der Waals surface area (Å²) in [6, 6.07) is 13.0. The molecule has 6 heteroatoms. The molecule has 1 aliphatic rings. The number of nitrogens with one attached hydrogen (secondary N) is 1. The molecule has 1 amide bonds. The van der Waals surface area contributed by atoms with Crippen molar-refractivity contribution in [3.63, 3.8) is 0 Å². The molecule has 0 spiro atoms. The van der Waals surface area contributed by atoms with Gasteiger partial charge in [0.1, 0.15) is 10.7 Å². The fourth-order valence-corrected chi connectivity index (χ4v) is 3.53. The number of benzene rings is 2. The van der Waals surface area contributed by atoms with Crippen LogP contribution in [0.4, 0.5) is 5.69 Å². The molecule has 0 fully saturated rings. The molecule has 0 saturated heterocycles. The molecule has 0 saturated carbocycles. The van der Waals surface area contributed by atoms with Crippen LogP contribution in [0.3, 0.4) is 0 Å². The highest BCUT2D eigenvalue weighted by atomic mass is 35.5. The van der Waals surface area contributed by atoms with Crippen molar-refractivity contribution in [2.75, 3.05) is 17.7 Å². The highest BCUT2D eigenvalue weighted by molar-refractivity contribution is 8.04. The van der Waals surface area contributed by atoms with Crippen molar-refractivity contribution in [3.8, 4) is 11.1 Å².